The van der Waals surface area contributed by atoms with Crippen LogP contribution in [0.2, 0.25) is 0 Å². The normalized spacial score (nSPS) is 12.6. The lowest BCUT2D eigenvalue weighted by atomic mass is 10.0. The minimum absolute atomic E-state index is 0.0698. The Labute approximate surface area is 156 Å². The van der Waals surface area contributed by atoms with Crippen LogP contribution in [0.25, 0.3) is 11.1 Å². The highest BCUT2D eigenvalue weighted by Crippen LogP contribution is 2.28. The molecule has 0 aliphatic carbocycles. The number of carbonyl (C=O) groups excluding carboxylic acids is 1. The molecule has 1 N–H and O–H groups in total. The molecular weight excluding hydrogens is 357 g/mol. The molecule has 6 heteroatoms. The van der Waals surface area contributed by atoms with Crippen molar-refractivity contribution in [3.63, 3.8) is 0 Å². The minimum Gasteiger partial charge on any atom is -0.508 e. The average molecular weight is 380 g/mol. The van der Waals surface area contributed by atoms with Crippen LogP contribution in [0.1, 0.15) is 49.4 Å². The largest absolute Gasteiger partial charge is 0.508 e. The van der Waals surface area contributed by atoms with Gasteiger partial charge in [0.1, 0.15) is 5.75 Å². The number of halogens is 3. The topological polar surface area (TPSA) is 46.5 Å². The van der Waals surface area contributed by atoms with Gasteiger partial charge in [0.2, 0.25) is 0 Å². The second-order valence-electron chi connectivity index (χ2n) is 6.41. The van der Waals surface area contributed by atoms with E-state index in [2.05, 4.69) is 0 Å². The summed E-state index contributed by atoms with van der Waals surface area (Å²) in [5.41, 5.74) is 1.66. The number of benzene rings is 2. The number of ether oxygens (including phenoxy) is 1. The van der Waals surface area contributed by atoms with Crippen LogP contribution < -0.4 is 0 Å². The monoisotopic (exact) mass is 380 g/mol. The van der Waals surface area contributed by atoms with E-state index in [0.717, 1.165) is 24.0 Å². The molecule has 0 unspecified atom stereocenters. The first-order valence-corrected chi connectivity index (χ1v) is 8.98. The standard InChI is InChI=1S/C21H23F3O3/c1-2-3-4-5-6-19(21(22,23)24)27-20(26)17-9-7-15(8-10-17)16-11-13-18(25)14-12-16/h7-14,19,25H,2-6H2,1H3/t19-/m1/s1. The number of hydrogen-bond acceptors (Lipinski definition) is 3. The average Bonchev–Trinajstić information content (AvgIpc) is 2.64. The van der Waals surface area contributed by atoms with Gasteiger partial charge in [-0.3, -0.25) is 0 Å². The Balaban J connectivity index is 2.03. The molecule has 0 amide bonds. The first kappa shape index (κ1) is 20.8. The van der Waals surface area contributed by atoms with Crippen molar-refractivity contribution in [1.29, 1.82) is 0 Å². The van der Waals surface area contributed by atoms with Crippen LogP contribution in [0.4, 0.5) is 13.2 Å². The van der Waals surface area contributed by atoms with Gasteiger partial charge >= 0.3 is 12.1 Å². The van der Waals surface area contributed by atoms with Crippen LogP contribution in [-0.2, 0) is 4.74 Å². The lowest BCUT2D eigenvalue weighted by molar-refractivity contribution is -0.206. The van der Waals surface area contributed by atoms with Crippen molar-refractivity contribution in [3.8, 4) is 16.9 Å². The van der Waals surface area contributed by atoms with E-state index in [1.54, 1.807) is 24.3 Å². The summed E-state index contributed by atoms with van der Waals surface area (Å²) in [6.07, 6.45) is -4.05. The highest BCUT2D eigenvalue weighted by Gasteiger charge is 2.42. The SMILES string of the molecule is CCCCCC[C@@H](OC(=O)c1ccc(-c2ccc(O)cc2)cc1)C(F)(F)F. The number of aromatic hydroxyl groups is 1. The minimum atomic E-state index is -4.58. The second-order valence-corrected chi connectivity index (χ2v) is 6.41. The number of hydrogen-bond donors (Lipinski definition) is 1. The zero-order chi connectivity index (χ0) is 19.9. The van der Waals surface area contributed by atoms with Gasteiger partial charge in [-0.05, 0) is 48.2 Å². The van der Waals surface area contributed by atoms with Crippen LogP contribution in [0.3, 0.4) is 0 Å². The molecule has 2 aromatic rings. The molecule has 1 atom stereocenters. The van der Waals surface area contributed by atoms with Crippen molar-refractivity contribution in [3.05, 3.63) is 54.1 Å². The Morgan fingerprint density at radius 3 is 2.04 bits per heavy atom. The maximum absolute atomic E-state index is 13.1. The molecule has 0 aliphatic rings. The van der Waals surface area contributed by atoms with Gasteiger partial charge < -0.3 is 9.84 Å². The lowest BCUT2D eigenvalue weighted by Crippen LogP contribution is -2.33. The third-order valence-corrected chi connectivity index (χ3v) is 4.26. The number of esters is 1. The Kier molecular flexibility index (Phi) is 7.28. The Morgan fingerprint density at radius 1 is 0.963 bits per heavy atom. The summed E-state index contributed by atoms with van der Waals surface area (Å²) in [4.78, 5) is 12.1. The number of phenols is 1. The summed E-state index contributed by atoms with van der Waals surface area (Å²) in [7, 11) is 0. The summed E-state index contributed by atoms with van der Waals surface area (Å²) in [6, 6.07) is 12.6. The van der Waals surface area contributed by atoms with Gasteiger partial charge in [0.15, 0.2) is 6.10 Å². The highest BCUT2D eigenvalue weighted by atomic mass is 19.4. The molecule has 2 rings (SSSR count). The molecule has 0 saturated carbocycles. The van der Waals surface area contributed by atoms with Crippen molar-refractivity contribution in [2.75, 3.05) is 0 Å². The third-order valence-electron chi connectivity index (χ3n) is 4.26. The summed E-state index contributed by atoms with van der Waals surface area (Å²) in [6.45, 7) is 1.98. The van der Waals surface area contributed by atoms with E-state index in [1.807, 2.05) is 6.92 Å². The number of rotatable bonds is 8. The first-order chi connectivity index (χ1) is 12.8. The maximum Gasteiger partial charge on any atom is 0.425 e. The third kappa shape index (κ3) is 6.31. The van der Waals surface area contributed by atoms with Crippen molar-refractivity contribution < 1.29 is 27.8 Å². The molecule has 3 nitrogen and oxygen atoms in total. The van der Waals surface area contributed by atoms with E-state index in [-0.39, 0.29) is 17.7 Å². The number of unbranched alkanes of at least 4 members (excludes halogenated alkanes) is 3. The van der Waals surface area contributed by atoms with E-state index >= 15 is 0 Å². The van der Waals surface area contributed by atoms with Crippen LogP contribution >= 0.6 is 0 Å². The van der Waals surface area contributed by atoms with Crippen molar-refractivity contribution >= 4 is 5.97 Å². The summed E-state index contributed by atoms with van der Waals surface area (Å²) in [5, 5.41) is 9.31. The van der Waals surface area contributed by atoms with E-state index in [1.165, 1.54) is 24.3 Å². The van der Waals surface area contributed by atoms with Crippen LogP contribution in [0.5, 0.6) is 5.75 Å². The van der Waals surface area contributed by atoms with Crippen molar-refractivity contribution in [1.82, 2.24) is 0 Å². The fourth-order valence-electron chi connectivity index (χ4n) is 2.70. The molecule has 0 fully saturated rings. The zero-order valence-corrected chi connectivity index (χ0v) is 15.1. The Morgan fingerprint density at radius 2 is 1.52 bits per heavy atom. The Bertz CT molecular complexity index is 722. The zero-order valence-electron chi connectivity index (χ0n) is 15.1. The van der Waals surface area contributed by atoms with Gasteiger partial charge in [-0.15, -0.1) is 0 Å². The van der Waals surface area contributed by atoms with Gasteiger partial charge in [0, 0.05) is 0 Å². The summed E-state index contributed by atoms with van der Waals surface area (Å²) in [5.74, 6) is -0.846. The van der Waals surface area contributed by atoms with Crippen LogP contribution in [0, 0.1) is 0 Å². The molecule has 0 heterocycles. The van der Waals surface area contributed by atoms with Crippen molar-refractivity contribution in [2.24, 2.45) is 0 Å². The summed E-state index contributed by atoms with van der Waals surface area (Å²) >= 11 is 0. The van der Waals surface area contributed by atoms with E-state index in [9.17, 15) is 23.1 Å². The lowest BCUT2D eigenvalue weighted by Gasteiger charge is -2.20. The van der Waals surface area contributed by atoms with Gasteiger partial charge in [-0.1, -0.05) is 50.5 Å². The molecular formula is C21H23F3O3. The van der Waals surface area contributed by atoms with E-state index in [4.69, 9.17) is 4.74 Å². The van der Waals surface area contributed by atoms with Crippen LogP contribution in [0.15, 0.2) is 48.5 Å². The number of alkyl halides is 3. The first-order valence-electron chi connectivity index (χ1n) is 8.98. The quantitative estimate of drug-likeness (QED) is 0.443. The maximum atomic E-state index is 13.1. The van der Waals surface area contributed by atoms with Gasteiger partial charge in [0.05, 0.1) is 5.56 Å². The predicted octanol–water partition coefficient (Wildman–Crippen LogP) is 6.12. The van der Waals surface area contributed by atoms with Gasteiger partial charge in [-0.2, -0.15) is 13.2 Å². The molecule has 0 spiro atoms. The van der Waals surface area contributed by atoms with E-state index < -0.39 is 18.2 Å². The molecule has 2 aromatic carbocycles. The van der Waals surface area contributed by atoms with Gasteiger partial charge in [-0.25, -0.2) is 4.79 Å². The van der Waals surface area contributed by atoms with E-state index in [0.29, 0.717) is 12.8 Å². The summed E-state index contributed by atoms with van der Waals surface area (Å²) < 4.78 is 44.1. The number of phenolic OH excluding ortho intramolecular Hbond substituents is 1. The Hall–Kier alpha value is -2.50. The molecule has 27 heavy (non-hydrogen) atoms. The predicted molar refractivity (Wildman–Crippen MR) is 97.6 cm³/mol. The fourth-order valence-corrected chi connectivity index (χ4v) is 2.70. The fraction of sp³-hybridized carbons (Fsp3) is 0.381. The number of carbonyl (C=O) groups is 1. The molecule has 146 valence electrons. The van der Waals surface area contributed by atoms with Crippen molar-refractivity contribution in [2.45, 2.75) is 51.3 Å². The van der Waals surface area contributed by atoms with Gasteiger partial charge in [0.25, 0.3) is 0 Å². The smallest absolute Gasteiger partial charge is 0.425 e. The van der Waals surface area contributed by atoms with Crippen LogP contribution in [-0.4, -0.2) is 23.4 Å². The molecule has 0 radical (unpaired) electrons. The molecule has 0 aromatic heterocycles. The molecule has 0 aliphatic heterocycles. The second kappa shape index (κ2) is 9.44. The molecule has 0 saturated heterocycles. The highest BCUT2D eigenvalue weighted by molar-refractivity contribution is 5.90. The molecule has 0 bridgehead atoms.